The Hall–Kier alpha value is -2.39. The molecule has 0 saturated carbocycles. The van der Waals surface area contributed by atoms with Gasteiger partial charge < -0.3 is 9.64 Å². The number of nitriles is 1. The van der Waals surface area contributed by atoms with Crippen LogP contribution in [-0.2, 0) is 5.41 Å². The van der Waals surface area contributed by atoms with Crippen molar-refractivity contribution in [3.63, 3.8) is 0 Å². The lowest BCUT2D eigenvalue weighted by Gasteiger charge is -2.20. The Balaban J connectivity index is 2.34. The lowest BCUT2D eigenvalue weighted by molar-refractivity contribution is 0.429. The number of aromatic nitrogens is 1. The smallest absolute Gasteiger partial charge is 0.218 e. The molecule has 0 aliphatic heterocycles. The van der Waals surface area contributed by atoms with Crippen LogP contribution in [0.25, 0.3) is 0 Å². The van der Waals surface area contributed by atoms with Crippen molar-refractivity contribution in [2.45, 2.75) is 66.3 Å². The number of hydrogen-bond acceptors (Lipinski definition) is 5. The summed E-state index contributed by atoms with van der Waals surface area (Å²) in [7, 11) is 2.01. The minimum absolute atomic E-state index is 0.158. The van der Waals surface area contributed by atoms with Gasteiger partial charge in [0, 0.05) is 30.0 Å². The van der Waals surface area contributed by atoms with E-state index in [1.807, 2.05) is 39.4 Å². The molecule has 0 saturated heterocycles. The summed E-state index contributed by atoms with van der Waals surface area (Å²) in [6.45, 7) is 14.5. The molecule has 0 N–H and O–H groups in total. The first-order valence-corrected chi connectivity index (χ1v) is 10.3. The van der Waals surface area contributed by atoms with Crippen LogP contribution in [0.4, 0.5) is 5.69 Å². The van der Waals surface area contributed by atoms with E-state index in [4.69, 9.17) is 4.74 Å². The second kappa shape index (κ2) is 8.74. The van der Waals surface area contributed by atoms with E-state index < -0.39 is 0 Å². The van der Waals surface area contributed by atoms with Crippen molar-refractivity contribution in [1.29, 1.82) is 5.26 Å². The van der Waals surface area contributed by atoms with E-state index in [2.05, 4.69) is 55.0 Å². The van der Waals surface area contributed by atoms with Crippen LogP contribution in [0.1, 0.15) is 63.4 Å². The topological polar surface area (TPSA) is 61.5 Å². The van der Waals surface area contributed by atoms with Crippen molar-refractivity contribution >= 4 is 23.6 Å². The predicted octanol–water partition coefficient (Wildman–Crippen LogP) is 6.11. The summed E-state index contributed by atoms with van der Waals surface area (Å²) in [5.41, 5.74) is 4.09. The van der Waals surface area contributed by atoms with Crippen molar-refractivity contribution < 1.29 is 4.74 Å². The number of nitrogens with zero attached hydrogens (tertiary/aromatic N) is 4. The van der Waals surface area contributed by atoms with Gasteiger partial charge in [-0.3, -0.25) is 0 Å². The Morgan fingerprint density at radius 3 is 2.57 bits per heavy atom. The summed E-state index contributed by atoms with van der Waals surface area (Å²) in [5.74, 6) is 0.731. The second-order valence-corrected chi connectivity index (χ2v) is 8.79. The Morgan fingerprint density at radius 1 is 1.32 bits per heavy atom. The van der Waals surface area contributed by atoms with Gasteiger partial charge in [-0.25, -0.2) is 4.99 Å². The first-order chi connectivity index (χ1) is 13.1. The third-order valence-corrected chi connectivity index (χ3v) is 5.91. The fraction of sp³-hybridized carbons (Fsp3) is 0.500. The molecule has 0 fully saturated rings. The van der Waals surface area contributed by atoms with Crippen LogP contribution in [0.15, 0.2) is 17.1 Å². The van der Waals surface area contributed by atoms with E-state index >= 15 is 0 Å². The number of ether oxygens (including phenoxy) is 1. The molecule has 0 aliphatic carbocycles. The summed E-state index contributed by atoms with van der Waals surface area (Å²) in [5, 5.41) is 10.2. The van der Waals surface area contributed by atoms with Gasteiger partial charge >= 0.3 is 0 Å². The molecular weight excluding hydrogens is 368 g/mol. The third kappa shape index (κ3) is 4.71. The number of aliphatic imine (C=N–C) groups is 1. The van der Waals surface area contributed by atoms with Gasteiger partial charge in [-0.1, -0.05) is 20.8 Å². The van der Waals surface area contributed by atoms with Gasteiger partial charge in [0.1, 0.15) is 17.4 Å². The fourth-order valence-corrected chi connectivity index (χ4v) is 3.36. The molecule has 0 radical (unpaired) electrons. The number of benzene rings is 1. The zero-order chi connectivity index (χ0) is 21.1. The summed E-state index contributed by atoms with van der Waals surface area (Å²) in [6.07, 6.45) is 2.75. The van der Waals surface area contributed by atoms with Crippen molar-refractivity contribution in [1.82, 2.24) is 9.27 Å². The maximum Gasteiger partial charge on any atom is 0.218 e. The monoisotopic (exact) mass is 398 g/mol. The molecule has 0 amide bonds. The summed E-state index contributed by atoms with van der Waals surface area (Å²) >= 11 is 1.24. The molecule has 2 rings (SSSR count). The molecule has 0 unspecified atom stereocenters. The summed E-state index contributed by atoms with van der Waals surface area (Å²) in [6, 6.07) is 6.67. The highest BCUT2D eigenvalue weighted by molar-refractivity contribution is 7.08. The molecule has 2 aromatic rings. The average molecular weight is 399 g/mol. The van der Waals surface area contributed by atoms with Crippen LogP contribution >= 0.6 is 11.5 Å². The highest BCUT2D eigenvalue weighted by Crippen LogP contribution is 2.40. The molecule has 150 valence electrons. The van der Waals surface area contributed by atoms with Gasteiger partial charge in [0.25, 0.3) is 0 Å². The van der Waals surface area contributed by atoms with Gasteiger partial charge in [0.15, 0.2) is 0 Å². The largest absolute Gasteiger partial charge is 0.443 e. The van der Waals surface area contributed by atoms with E-state index in [0.717, 1.165) is 34.7 Å². The van der Waals surface area contributed by atoms with E-state index in [1.54, 1.807) is 0 Å². The van der Waals surface area contributed by atoms with Crippen molar-refractivity contribution in [2.24, 2.45) is 4.99 Å². The lowest BCUT2D eigenvalue weighted by atomic mass is 9.84. The van der Waals surface area contributed by atoms with Crippen LogP contribution in [0.3, 0.4) is 0 Å². The fourth-order valence-electron chi connectivity index (χ4n) is 2.48. The van der Waals surface area contributed by atoms with Gasteiger partial charge in [0.05, 0.1) is 17.7 Å². The van der Waals surface area contributed by atoms with Crippen molar-refractivity contribution in [2.75, 3.05) is 7.05 Å². The number of rotatable bonds is 7. The second-order valence-electron chi connectivity index (χ2n) is 8.05. The summed E-state index contributed by atoms with van der Waals surface area (Å²) in [4.78, 5) is 6.66. The van der Waals surface area contributed by atoms with E-state index in [9.17, 15) is 5.26 Å². The minimum atomic E-state index is -0.158. The maximum atomic E-state index is 9.67. The van der Waals surface area contributed by atoms with Gasteiger partial charge in [-0.2, -0.15) is 9.64 Å². The Labute approximate surface area is 172 Å². The van der Waals surface area contributed by atoms with Crippen LogP contribution in [0, 0.1) is 25.2 Å². The Bertz CT molecular complexity index is 906. The highest BCUT2D eigenvalue weighted by Gasteiger charge is 2.28. The summed E-state index contributed by atoms with van der Waals surface area (Å²) < 4.78 is 10.6. The van der Waals surface area contributed by atoms with Crippen LogP contribution < -0.4 is 4.74 Å². The van der Waals surface area contributed by atoms with Crippen molar-refractivity contribution in [3.05, 3.63) is 34.5 Å². The van der Waals surface area contributed by atoms with Gasteiger partial charge in [-0.15, -0.1) is 0 Å². The molecule has 1 aromatic carbocycles. The zero-order valence-corrected chi connectivity index (χ0v) is 18.9. The minimum Gasteiger partial charge on any atom is -0.443 e. The number of aryl methyl sites for hydroxylation is 2. The molecule has 0 bridgehead atoms. The zero-order valence-electron chi connectivity index (χ0n) is 18.1. The number of hydrogen-bond donors (Lipinski definition) is 0. The molecule has 28 heavy (non-hydrogen) atoms. The van der Waals surface area contributed by atoms with E-state index in [-0.39, 0.29) is 5.41 Å². The average Bonchev–Trinajstić information content (AvgIpc) is 3.06. The van der Waals surface area contributed by atoms with Gasteiger partial charge in [-0.05, 0) is 57.4 Å². The standard InChI is InChI=1S/C22H30N4OS/c1-9-22(6,7)20-17(12-23)21(28-25-20)27-19-11-15(4)18(10-16(19)5)24-13-26(8)14(2)3/h10-11,13-14H,9H2,1-8H3/b24-13-. The van der Waals surface area contributed by atoms with Crippen LogP contribution in [0.5, 0.6) is 10.8 Å². The van der Waals surface area contributed by atoms with E-state index in [0.29, 0.717) is 16.7 Å². The molecular formula is C22H30N4OS. The van der Waals surface area contributed by atoms with Crippen LogP contribution in [-0.4, -0.2) is 28.7 Å². The molecule has 5 nitrogen and oxygen atoms in total. The predicted molar refractivity (Wildman–Crippen MR) is 117 cm³/mol. The first-order valence-electron chi connectivity index (χ1n) is 9.56. The molecule has 1 heterocycles. The molecule has 0 spiro atoms. The Kier molecular flexibility index (Phi) is 6.84. The van der Waals surface area contributed by atoms with Gasteiger partial charge in [0.2, 0.25) is 5.06 Å². The normalized spacial score (nSPS) is 11.9. The van der Waals surface area contributed by atoms with Crippen LogP contribution in [0.2, 0.25) is 0 Å². The third-order valence-electron chi connectivity index (χ3n) is 5.19. The molecule has 6 heteroatoms. The maximum absolute atomic E-state index is 9.67. The van der Waals surface area contributed by atoms with Crippen molar-refractivity contribution in [3.8, 4) is 16.9 Å². The molecule has 0 aliphatic rings. The quantitative estimate of drug-likeness (QED) is 0.417. The highest BCUT2D eigenvalue weighted by atomic mass is 32.1. The first kappa shape index (κ1) is 21.9. The molecule has 0 atom stereocenters. The SMILES string of the molecule is CCC(C)(C)c1nsc(Oc2cc(C)c(/N=C\N(C)C(C)C)cc2C)c1C#N. The lowest BCUT2D eigenvalue weighted by Crippen LogP contribution is -2.24. The molecule has 1 aromatic heterocycles. The Morgan fingerprint density at radius 2 is 2.00 bits per heavy atom. The van der Waals surface area contributed by atoms with E-state index in [1.165, 1.54) is 11.5 Å².